The summed E-state index contributed by atoms with van der Waals surface area (Å²) in [7, 11) is 0. The van der Waals surface area contributed by atoms with Crippen LogP contribution in [0.4, 0.5) is 11.4 Å². The lowest BCUT2D eigenvalue weighted by atomic mass is 10.1. The highest BCUT2D eigenvalue weighted by atomic mass is 32.2. The Morgan fingerprint density at radius 2 is 1.87 bits per heavy atom. The minimum Gasteiger partial charge on any atom is -0.326 e. The number of nitrogens with zero attached hydrogens (tertiary/aromatic N) is 2. The topological polar surface area (TPSA) is 62.3 Å². The van der Waals surface area contributed by atoms with Crippen LogP contribution in [0, 0.1) is 0 Å². The van der Waals surface area contributed by atoms with Gasteiger partial charge in [-0.3, -0.25) is 9.59 Å². The number of nitrogens with one attached hydrogen (secondary N) is 1. The SMILES string of the molecule is CCc1ccccc1NC(=O)CCCN1C(=O)c2ccccc2Sc2ncccc21. The molecule has 1 aromatic heterocycles. The van der Waals surface area contributed by atoms with Crippen LogP contribution in [0.1, 0.15) is 35.7 Å². The number of carbonyl (C=O) groups is 2. The molecule has 0 atom stereocenters. The molecule has 152 valence electrons. The molecule has 4 rings (SSSR count). The van der Waals surface area contributed by atoms with E-state index in [2.05, 4.69) is 17.2 Å². The van der Waals surface area contributed by atoms with Crippen LogP contribution in [-0.4, -0.2) is 23.3 Å². The van der Waals surface area contributed by atoms with Gasteiger partial charge in [0.1, 0.15) is 5.03 Å². The zero-order valence-corrected chi connectivity index (χ0v) is 17.6. The number of hydrogen-bond donors (Lipinski definition) is 1. The van der Waals surface area contributed by atoms with E-state index in [1.54, 1.807) is 11.1 Å². The van der Waals surface area contributed by atoms with Crippen LogP contribution < -0.4 is 10.2 Å². The summed E-state index contributed by atoms with van der Waals surface area (Å²) in [5.41, 5.74) is 3.43. The maximum absolute atomic E-state index is 13.2. The summed E-state index contributed by atoms with van der Waals surface area (Å²) in [6, 6.07) is 19.2. The van der Waals surface area contributed by atoms with Gasteiger partial charge >= 0.3 is 0 Å². The van der Waals surface area contributed by atoms with Crippen molar-refractivity contribution in [3.05, 3.63) is 78.0 Å². The lowest BCUT2D eigenvalue weighted by molar-refractivity contribution is -0.116. The molecule has 1 aliphatic heterocycles. The Labute approximate surface area is 180 Å². The minimum atomic E-state index is -0.0541. The number of anilines is 2. The van der Waals surface area contributed by atoms with Crippen LogP contribution in [0.3, 0.4) is 0 Å². The fourth-order valence-electron chi connectivity index (χ4n) is 3.54. The Balaban J connectivity index is 1.47. The summed E-state index contributed by atoms with van der Waals surface area (Å²) < 4.78 is 0. The molecule has 0 aliphatic carbocycles. The first-order valence-corrected chi connectivity index (χ1v) is 10.9. The first-order valence-electron chi connectivity index (χ1n) is 10.1. The predicted octanol–water partition coefficient (Wildman–Crippen LogP) is 5.17. The highest BCUT2D eigenvalue weighted by Gasteiger charge is 2.27. The number of fused-ring (bicyclic) bond motifs is 2. The molecule has 30 heavy (non-hydrogen) atoms. The van der Waals surface area contributed by atoms with E-state index >= 15 is 0 Å². The number of hydrogen-bond acceptors (Lipinski definition) is 4. The molecular formula is C24H23N3O2S. The Morgan fingerprint density at radius 3 is 2.73 bits per heavy atom. The van der Waals surface area contributed by atoms with E-state index in [1.807, 2.05) is 60.7 Å². The molecule has 2 aromatic carbocycles. The van der Waals surface area contributed by atoms with Crippen molar-refractivity contribution in [1.29, 1.82) is 0 Å². The van der Waals surface area contributed by atoms with Gasteiger partial charge in [0.25, 0.3) is 5.91 Å². The molecule has 6 heteroatoms. The Bertz CT molecular complexity index is 1080. The zero-order valence-electron chi connectivity index (χ0n) is 16.8. The van der Waals surface area contributed by atoms with Crippen molar-refractivity contribution in [2.45, 2.75) is 36.1 Å². The molecule has 0 unspecified atom stereocenters. The highest BCUT2D eigenvalue weighted by Crippen LogP contribution is 2.39. The lowest BCUT2D eigenvalue weighted by Gasteiger charge is -2.22. The highest BCUT2D eigenvalue weighted by molar-refractivity contribution is 7.99. The summed E-state index contributed by atoms with van der Waals surface area (Å²) in [6.45, 7) is 2.52. The lowest BCUT2D eigenvalue weighted by Crippen LogP contribution is -2.32. The smallest absolute Gasteiger partial charge is 0.259 e. The van der Waals surface area contributed by atoms with Crippen LogP contribution in [-0.2, 0) is 11.2 Å². The average Bonchev–Trinajstić information content (AvgIpc) is 2.89. The molecule has 3 aromatic rings. The molecule has 1 N–H and O–H groups in total. The Kier molecular flexibility index (Phi) is 6.14. The third-order valence-corrected chi connectivity index (χ3v) is 6.15. The van der Waals surface area contributed by atoms with E-state index in [1.165, 1.54) is 11.8 Å². The average molecular weight is 418 g/mol. The van der Waals surface area contributed by atoms with Gasteiger partial charge in [-0.05, 0) is 48.7 Å². The summed E-state index contributed by atoms with van der Waals surface area (Å²) in [4.78, 5) is 32.8. The van der Waals surface area contributed by atoms with E-state index in [0.29, 0.717) is 24.9 Å². The second-order valence-corrected chi connectivity index (χ2v) is 8.08. The number of carbonyl (C=O) groups excluding carboxylic acids is 2. The van der Waals surface area contributed by atoms with Crippen molar-refractivity contribution in [3.8, 4) is 0 Å². The molecule has 0 fully saturated rings. The van der Waals surface area contributed by atoms with Crippen LogP contribution in [0.25, 0.3) is 0 Å². The van der Waals surface area contributed by atoms with E-state index in [-0.39, 0.29) is 11.8 Å². The second kappa shape index (κ2) is 9.13. The number of amides is 2. The third kappa shape index (κ3) is 4.24. The molecule has 1 aliphatic rings. The van der Waals surface area contributed by atoms with Gasteiger partial charge < -0.3 is 10.2 Å². The van der Waals surface area contributed by atoms with E-state index < -0.39 is 0 Å². The zero-order chi connectivity index (χ0) is 20.9. The third-order valence-electron chi connectivity index (χ3n) is 5.07. The maximum Gasteiger partial charge on any atom is 0.259 e. The standard InChI is InChI=1S/C24H23N3O2S/c1-2-17-9-3-5-11-19(17)26-22(28)14-8-16-27-20-12-7-15-25-23(20)30-21-13-6-4-10-18(21)24(27)29/h3-7,9-13,15H,2,8,14,16H2,1H3,(H,26,28). The molecule has 2 amide bonds. The van der Waals surface area contributed by atoms with Crippen molar-refractivity contribution < 1.29 is 9.59 Å². The van der Waals surface area contributed by atoms with Crippen LogP contribution in [0.5, 0.6) is 0 Å². The molecule has 0 radical (unpaired) electrons. The monoisotopic (exact) mass is 417 g/mol. The number of pyridine rings is 1. The van der Waals surface area contributed by atoms with Crippen LogP contribution in [0.2, 0.25) is 0 Å². The van der Waals surface area contributed by atoms with Gasteiger partial charge in [0.2, 0.25) is 5.91 Å². The quantitative estimate of drug-likeness (QED) is 0.601. The molecule has 0 saturated carbocycles. The van der Waals surface area contributed by atoms with Crippen molar-refractivity contribution >= 4 is 35.0 Å². The van der Waals surface area contributed by atoms with Gasteiger partial charge in [0.15, 0.2) is 0 Å². The number of aryl methyl sites for hydroxylation is 1. The number of aromatic nitrogens is 1. The van der Waals surface area contributed by atoms with Crippen molar-refractivity contribution in [3.63, 3.8) is 0 Å². The summed E-state index contributed by atoms with van der Waals surface area (Å²) >= 11 is 1.50. The van der Waals surface area contributed by atoms with E-state index in [0.717, 1.165) is 33.3 Å². The summed E-state index contributed by atoms with van der Waals surface area (Å²) in [6.07, 6.45) is 3.50. The van der Waals surface area contributed by atoms with Crippen molar-refractivity contribution in [2.24, 2.45) is 0 Å². The molecular weight excluding hydrogens is 394 g/mol. The predicted molar refractivity (Wildman–Crippen MR) is 120 cm³/mol. The summed E-state index contributed by atoms with van der Waals surface area (Å²) in [5.74, 6) is -0.0963. The molecule has 0 spiro atoms. The van der Waals surface area contributed by atoms with E-state index in [9.17, 15) is 9.59 Å². The normalized spacial score (nSPS) is 12.7. The fraction of sp³-hybridized carbons (Fsp3) is 0.208. The molecule has 5 nitrogen and oxygen atoms in total. The Morgan fingerprint density at radius 1 is 1.07 bits per heavy atom. The van der Waals surface area contributed by atoms with Gasteiger partial charge in [0.05, 0.1) is 11.3 Å². The van der Waals surface area contributed by atoms with Crippen molar-refractivity contribution in [1.82, 2.24) is 4.98 Å². The number of rotatable bonds is 6. The van der Waals surface area contributed by atoms with Gasteiger partial charge in [-0.15, -0.1) is 0 Å². The van der Waals surface area contributed by atoms with Gasteiger partial charge in [-0.25, -0.2) is 4.98 Å². The van der Waals surface area contributed by atoms with Gasteiger partial charge in [0, 0.05) is 29.7 Å². The number of para-hydroxylation sites is 1. The van der Waals surface area contributed by atoms with Gasteiger partial charge in [-0.1, -0.05) is 49.0 Å². The molecule has 0 saturated heterocycles. The van der Waals surface area contributed by atoms with E-state index in [4.69, 9.17) is 0 Å². The second-order valence-electron chi connectivity index (χ2n) is 7.05. The maximum atomic E-state index is 13.2. The molecule has 2 heterocycles. The Hall–Kier alpha value is -3.12. The van der Waals surface area contributed by atoms with Crippen molar-refractivity contribution in [2.75, 3.05) is 16.8 Å². The summed E-state index contributed by atoms with van der Waals surface area (Å²) in [5, 5.41) is 3.80. The fourth-order valence-corrected chi connectivity index (χ4v) is 4.56. The molecule has 0 bridgehead atoms. The van der Waals surface area contributed by atoms with Crippen LogP contribution >= 0.6 is 11.8 Å². The first kappa shape index (κ1) is 20.2. The van der Waals surface area contributed by atoms with Gasteiger partial charge in [-0.2, -0.15) is 0 Å². The minimum absolute atomic E-state index is 0.0423. The first-order chi connectivity index (χ1) is 14.7. The largest absolute Gasteiger partial charge is 0.326 e. The number of benzene rings is 2. The van der Waals surface area contributed by atoms with Crippen LogP contribution in [0.15, 0.2) is 76.8 Å².